The number of hydrogen-bond acceptors (Lipinski definition) is 0. The molecule has 4 nitrogen and oxygen atoms in total. The van der Waals surface area contributed by atoms with Crippen LogP contribution in [-0.4, -0.2) is 67.0 Å². The van der Waals surface area contributed by atoms with Crippen LogP contribution in [0.3, 0.4) is 0 Å². The average molecular weight is 533 g/mol. The number of hydrogen-bond donors (Lipinski definition) is 0. The van der Waals surface area contributed by atoms with Crippen LogP contribution in [0.15, 0.2) is 0 Å². The van der Waals surface area contributed by atoms with Gasteiger partial charge in [0.05, 0.1) is 0 Å². The quantitative estimate of drug-likeness (QED) is 0.231. The van der Waals surface area contributed by atoms with E-state index in [0.717, 1.165) is 0 Å². The first-order valence-electron chi connectivity index (χ1n) is 5.58. The first kappa shape index (κ1) is 30.5. The molecule has 27 heavy (non-hydrogen) atoms. The molecule has 0 radical (unpaired) electrons. The standard InChI is InChI=1S/2C5H2F6O2.Cd/c2*6-4(7,8)2(12)1-3(13)5(9,10)11;/h2*1H2;/p+4. The van der Waals surface area contributed by atoms with Crippen LogP contribution in [0.4, 0.5) is 52.7 Å². The summed E-state index contributed by atoms with van der Waals surface area (Å²) < 4.78 is 137. The van der Waals surface area contributed by atoms with Crippen molar-refractivity contribution in [3.63, 3.8) is 0 Å². The molecular formula is C10H8CdF12O4+4. The third-order valence-corrected chi connectivity index (χ3v) is 1.98. The van der Waals surface area contributed by atoms with Gasteiger partial charge in [-0.15, -0.1) is 0 Å². The molecule has 0 aliphatic carbocycles. The Labute approximate surface area is 160 Å². The fourth-order valence-corrected chi connectivity index (χ4v) is 0.718. The van der Waals surface area contributed by atoms with Crippen molar-refractivity contribution in [3.05, 3.63) is 0 Å². The van der Waals surface area contributed by atoms with E-state index in [1.807, 2.05) is 0 Å². The smallest absolute Gasteiger partial charge is 0.273 e. The first-order valence-corrected chi connectivity index (χ1v) is 5.58. The maximum absolute atomic E-state index is 11.4. The third kappa shape index (κ3) is 13.6. The molecular weight excluding hydrogens is 524 g/mol. The van der Waals surface area contributed by atoms with Crippen molar-refractivity contribution in [1.29, 1.82) is 0 Å². The van der Waals surface area contributed by atoms with Crippen LogP contribution in [-0.2, 0) is 27.3 Å². The van der Waals surface area contributed by atoms with Crippen molar-refractivity contribution in [1.82, 2.24) is 0 Å². The zero-order valence-electron chi connectivity index (χ0n) is 12.4. The fourth-order valence-electron chi connectivity index (χ4n) is 0.718. The molecule has 0 aromatic rings. The van der Waals surface area contributed by atoms with Crippen LogP contribution in [0, 0.1) is 0 Å². The Morgan fingerprint density at radius 3 is 0.593 bits per heavy atom. The van der Waals surface area contributed by atoms with Crippen molar-refractivity contribution >= 4 is 23.1 Å². The summed E-state index contributed by atoms with van der Waals surface area (Å²) in [6, 6.07) is 0. The molecule has 0 amide bonds. The fraction of sp³-hybridized carbons (Fsp3) is 0.600. The molecule has 0 unspecified atom stereocenters. The molecule has 0 rings (SSSR count). The van der Waals surface area contributed by atoms with Crippen LogP contribution in [0.1, 0.15) is 12.8 Å². The van der Waals surface area contributed by atoms with Gasteiger partial charge < -0.3 is 0 Å². The second kappa shape index (κ2) is 10.3. The molecule has 0 spiro atoms. The van der Waals surface area contributed by atoms with Crippen molar-refractivity contribution in [2.75, 3.05) is 0 Å². The predicted octanol–water partition coefficient (Wildman–Crippen LogP) is 3.18. The van der Waals surface area contributed by atoms with E-state index < -0.39 is 60.7 Å². The van der Waals surface area contributed by atoms with Gasteiger partial charge in [-0.05, 0) is 0 Å². The van der Waals surface area contributed by atoms with E-state index in [1.54, 1.807) is 0 Å². The van der Waals surface area contributed by atoms with Gasteiger partial charge in [0.15, 0.2) is 12.8 Å². The molecule has 0 aliphatic heterocycles. The third-order valence-electron chi connectivity index (χ3n) is 1.98. The van der Waals surface area contributed by atoms with E-state index in [9.17, 15) is 52.7 Å². The van der Waals surface area contributed by atoms with Gasteiger partial charge in [-0.2, -0.15) is 52.7 Å². The number of carbonyl (C=O) groups excluding carboxylic acids is 4. The molecule has 0 heterocycles. The summed E-state index contributed by atoms with van der Waals surface area (Å²) in [4.78, 5) is 32.1. The van der Waals surface area contributed by atoms with E-state index in [1.165, 1.54) is 0 Å². The van der Waals surface area contributed by atoms with Crippen LogP contribution < -0.4 is 0 Å². The Morgan fingerprint density at radius 2 is 0.519 bits per heavy atom. The Hall–Kier alpha value is -1.24. The second-order valence-electron chi connectivity index (χ2n) is 4.13. The molecule has 0 saturated heterocycles. The second-order valence-corrected chi connectivity index (χ2v) is 4.13. The Morgan fingerprint density at radius 1 is 0.407 bits per heavy atom. The summed E-state index contributed by atoms with van der Waals surface area (Å²) in [6.45, 7) is 0. The van der Waals surface area contributed by atoms with Crippen molar-refractivity contribution in [3.8, 4) is 0 Å². The maximum Gasteiger partial charge on any atom is 0.505 e. The molecule has 0 aromatic heterocycles. The Balaban J connectivity index is -0.000000411. The minimum atomic E-state index is -5.25. The molecule has 0 bridgehead atoms. The normalized spacial score (nSPS) is 12.3. The van der Waals surface area contributed by atoms with Crippen molar-refractivity contribution < 1.29 is 99.2 Å². The summed E-state index contributed by atoms with van der Waals surface area (Å²) >= 11 is 0. The van der Waals surface area contributed by atoms with E-state index >= 15 is 0 Å². The van der Waals surface area contributed by atoms with Crippen molar-refractivity contribution in [2.45, 2.75) is 37.5 Å². The molecule has 154 valence electrons. The van der Waals surface area contributed by atoms with Gasteiger partial charge in [-0.3, -0.25) is 19.2 Å². The molecule has 0 aromatic carbocycles. The SMILES string of the molecule is [Cd].[OH+]=C(CC(=[OH+])C(F)(F)F)C(F)(F)F.[OH+]=C(CC(=[OH+])C(F)(F)F)C(F)(F)F. The monoisotopic (exact) mass is 534 g/mol. The molecule has 0 saturated carbocycles. The van der Waals surface area contributed by atoms with Crippen LogP contribution in [0.5, 0.6) is 0 Å². The van der Waals surface area contributed by atoms with E-state index in [-0.39, 0.29) is 27.3 Å². The summed E-state index contributed by atoms with van der Waals surface area (Å²) in [5.74, 6) is -9.55. The Kier molecular flexibility index (Phi) is 11.7. The topological polar surface area (TPSA) is 85.6 Å². The number of ketones is 4. The van der Waals surface area contributed by atoms with Gasteiger partial charge in [0.1, 0.15) is 0 Å². The number of rotatable bonds is 4. The summed E-state index contributed by atoms with van der Waals surface area (Å²) in [7, 11) is 0. The van der Waals surface area contributed by atoms with Crippen LogP contribution in [0.25, 0.3) is 0 Å². The molecule has 0 fully saturated rings. The maximum atomic E-state index is 11.4. The zero-order valence-corrected chi connectivity index (χ0v) is 16.5. The van der Waals surface area contributed by atoms with Gasteiger partial charge in [0, 0.05) is 27.3 Å². The van der Waals surface area contributed by atoms with Crippen LogP contribution >= 0.6 is 0 Å². The molecule has 0 aliphatic rings. The average Bonchev–Trinajstić information content (AvgIpc) is 2.34. The summed E-state index contributed by atoms with van der Waals surface area (Å²) in [5, 5.41) is 0. The first-order chi connectivity index (χ1) is 11.1. The van der Waals surface area contributed by atoms with E-state index in [0.29, 0.717) is 0 Å². The summed E-state index contributed by atoms with van der Waals surface area (Å²) in [5.41, 5.74) is 0. The van der Waals surface area contributed by atoms with Gasteiger partial charge in [0.2, 0.25) is 0 Å². The Bertz CT molecular complexity index is 456. The van der Waals surface area contributed by atoms with Crippen LogP contribution in [0.2, 0.25) is 0 Å². The molecule has 0 atom stereocenters. The zero-order chi connectivity index (χ0) is 21.7. The minimum Gasteiger partial charge on any atom is -0.273 e. The molecule has 4 N–H and O–H groups in total. The van der Waals surface area contributed by atoms with Gasteiger partial charge in [0.25, 0.3) is 0 Å². The predicted molar refractivity (Wildman–Crippen MR) is 61.2 cm³/mol. The number of alkyl halides is 12. The molecule has 17 heteroatoms. The van der Waals surface area contributed by atoms with Gasteiger partial charge in [-0.25, -0.2) is 0 Å². The minimum absolute atomic E-state index is 0. The summed E-state index contributed by atoms with van der Waals surface area (Å²) in [6.07, 6.45) is -24.9. The number of halogens is 12. The van der Waals surface area contributed by atoms with E-state index in [2.05, 4.69) is 0 Å². The van der Waals surface area contributed by atoms with E-state index in [4.69, 9.17) is 19.2 Å². The van der Waals surface area contributed by atoms with Gasteiger partial charge >= 0.3 is 47.8 Å². The van der Waals surface area contributed by atoms with Gasteiger partial charge in [-0.1, -0.05) is 0 Å². The largest absolute Gasteiger partial charge is 0.505 e. The van der Waals surface area contributed by atoms with Crippen molar-refractivity contribution in [2.24, 2.45) is 0 Å².